The Bertz CT molecular complexity index is 3300. The number of benzene rings is 2. The summed E-state index contributed by atoms with van der Waals surface area (Å²) in [6.07, 6.45) is 7.26. The fourth-order valence-corrected chi connectivity index (χ4v) is 9.25. The third-order valence-corrected chi connectivity index (χ3v) is 13.4. The summed E-state index contributed by atoms with van der Waals surface area (Å²) in [5.74, 6) is -3.43. The van der Waals surface area contributed by atoms with Gasteiger partial charge in [-0.3, -0.25) is 42.9 Å². The predicted molar refractivity (Wildman–Crippen MR) is 306 cm³/mol. The Hall–Kier alpha value is -8.33. The minimum Gasteiger partial charge on any atom is -0.364 e. The summed E-state index contributed by atoms with van der Waals surface area (Å²) in [5.41, 5.74) is 20.7. The number of amides is 9. The number of hydrogen-bond donors (Lipinski definition) is 6. The number of primary amides is 2. The van der Waals surface area contributed by atoms with E-state index in [1.165, 1.54) is 69.7 Å². The first-order valence-corrected chi connectivity index (χ1v) is 27.2. The lowest BCUT2D eigenvalue weighted by atomic mass is 10.1. The number of carbonyl (C=O) groups is 8. The summed E-state index contributed by atoms with van der Waals surface area (Å²) in [6, 6.07) is 18.5. The van der Waals surface area contributed by atoms with Crippen LogP contribution >= 0.6 is 31.9 Å². The van der Waals surface area contributed by atoms with Crippen LogP contribution in [0.2, 0.25) is 0 Å². The molecule has 2 aliphatic heterocycles. The average Bonchev–Trinajstić information content (AvgIpc) is 4.02. The van der Waals surface area contributed by atoms with Crippen molar-refractivity contribution in [3.63, 3.8) is 0 Å². The van der Waals surface area contributed by atoms with E-state index in [1.807, 2.05) is 0 Å². The Kier molecular flexibility index (Phi) is 22.1. The molecule has 28 heteroatoms. The van der Waals surface area contributed by atoms with Crippen LogP contribution in [0.1, 0.15) is 97.6 Å². The monoisotopic (exact) mass is 1220 g/mol. The lowest BCUT2D eigenvalue weighted by Crippen LogP contribution is -2.44. The van der Waals surface area contributed by atoms with Gasteiger partial charge in [0, 0.05) is 52.1 Å². The maximum atomic E-state index is 13.3. The topological polar surface area (TPSA) is 357 Å². The van der Waals surface area contributed by atoms with Gasteiger partial charge in [-0.1, -0.05) is 18.6 Å². The van der Waals surface area contributed by atoms with E-state index in [4.69, 9.17) is 17.0 Å². The van der Waals surface area contributed by atoms with Gasteiger partial charge in [0.2, 0.25) is 29.5 Å². The van der Waals surface area contributed by atoms with Crippen LogP contribution < -0.4 is 32.7 Å². The smallest absolute Gasteiger partial charge is 0.321 e. The molecule has 0 spiro atoms. The number of fused-ring (bicyclic) bond motifs is 2. The van der Waals surface area contributed by atoms with Gasteiger partial charge in [0.25, 0.3) is 11.8 Å². The number of urea groups is 1. The van der Waals surface area contributed by atoms with Crippen LogP contribution in [0, 0.1) is 0 Å². The summed E-state index contributed by atoms with van der Waals surface area (Å²) < 4.78 is 3.77. The molecule has 6 aromatic rings. The highest BCUT2D eigenvalue weighted by Crippen LogP contribution is 2.25. The van der Waals surface area contributed by atoms with E-state index < -0.39 is 35.4 Å². The second-order valence-electron chi connectivity index (χ2n) is 19.0. The number of piperidine rings is 2. The summed E-state index contributed by atoms with van der Waals surface area (Å²) >= 11 is 6.49. The van der Waals surface area contributed by atoms with Crippen molar-refractivity contribution in [3.8, 4) is 0 Å². The van der Waals surface area contributed by atoms with E-state index in [1.54, 1.807) is 87.2 Å². The highest BCUT2D eigenvalue weighted by Gasteiger charge is 2.27. The fraction of sp³-hybridized carbons (Fsp3) is 0.385. The largest absolute Gasteiger partial charge is 0.364 e. The van der Waals surface area contributed by atoms with Crippen molar-refractivity contribution in [3.05, 3.63) is 109 Å². The summed E-state index contributed by atoms with van der Waals surface area (Å²) in [5, 5.41) is 23.6. The van der Waals surface area contributed by atoms with Crippen LogP contribution in [0.5, 0.6) is 0 Å². The van der Waals surface area contributed by atoms with E-state index in [0.29, 0.717) is 56.0 Å². The van der Waals surface area contributed by atoms with Crippen LogP contribution in [0.4, 0.5) is 22.1 Å². The zero-order chi connectivity index (χ0) is 58.0. The Labute approximate surface area is 476 Å². The molecule has 0 aliphatic carbocycles. The fourth-order valence-electron chi connectivity index (χ4n) is 8.56. The highest BCUT2D eigenvalue weighted by molar-refractivity contribution is 9.10. The average molecular weight is 1230 g/mol. The number of nitrogens with one attached hydrogen (secondary N) is 4. The molecule has 0 saturated carbocycles. The van der Waals surface area contributed by atoms with Crippen LogP contribution in [0.25, 0.3) is 32.2 Å². The van der Waals surface area contributed by atoms with Gasteiger partial charge in [-0.05, 0) is 176 Å². The third-order valence-electron chi connectivity index (χ3n) is 12.5. The minimum atomic E-state index is -0.865. The summed E-state index contributed by atoms with van der Waals surface area (Å²) in [4.78, 5) is 116. The summed E-state index contributed by atoms with van der Waals surface area (Å²) in [7, 11) is 0. The molecule has 2 fully saturated rings. The third kappa shape index (κ3) is 17.1. The second-order valence-corrected chi connectivity index (χ2v) is 20.6. The first kappa shape index (κ1) is 60.9. The van der Waals surface area contributed by atoms with Gasteiger partial charge >= 0.3 is 6.03 Å². The molecular weight excluding hydrogens is 1160 g/mol. The van der Waals surface area contributed by atoms with E-state index in [2.05, 4.69) is 83.3 Å². The number of pyridine rings is 2. The van der Waals surface area contributed by atoms with Crippen molar-refractivity contribution in [1.29, 1.82) is 0 Å². The lowest BCUT2D eigenvalue weighted by Gasteiger charge is -2.26. The first-order valence-electron chi connectivity index (χ1n) is 25.6. The van der Waals surface area contributed by atoms with Crippen LogP contribution in [-0.2, 0) is 32.3 Å². The molecule has 2 aliphatic rings. The van der Waals surface area contributed by atoms with Crippen LogP contribution in [0.15, 0.2) is 87.1 Å². The standard InChI is InChI=1S/C26H31BrN8O4.C21H20BrN9O4.C5H11N/c1-16(2)34(14-22(36)31-21-8-6-7-20(27)30-21)23(37)15-35-19-10-9-17(13-18(19)24(32-35)25(28)38)29-26(39)33-11-4-3-5-12-33;1-11(2)30(9-17(32)26-16-5-3-4-15(22)25-16)18(33)10-31-14-7-6-12(21(35)27-29-24)8-13(14)19(28-31)20(23)34;1-2-4-6-5-3-1/h6-10,13,16H,3-5,11-12,14-15H2,1-2H3,(H2,28,38)(H,29,39)(H,30,31,36);3-8,11H,9-10H2,1-2H3,(H2,23,34)(H,25,26,32);6H,1-5H2. The van der Waals surface area contributed by atoms with Crippen molar-refractivity contribution in [2.24, 2.45) is 16.6 Å². The number of nitrogens with two attached hydrogens (primary N) is 2. The Balaban J connectivity index is 0.000000234. The van der Waals surface area contributed by atoms with Gasteiger partial charge in [0.1, 0.15) is 47.0 Å². The van der Waals surface area contributed by atoms with E-state index in [0.717, 1.165) is 19.3 Å². The number of rotatable bonds is 16. The number of aromatic nitrogens is 6. The number of anilines is 3. The number of carbonyl (C=O) groups excluding carboxylic acids is 8. The van der Waals surface area contributed by atoms with Gasteiger partial charge in [-0.25, -0.2) is 14.8 Å². The van der Waals surface area contributed by atoms with Gasteiger partial charge in [-0.2, -0.15) is 10.2 Å². The molecule has 9 amide bonds. The lowest BCUT2D eigenvalue weighted by molar-refractivity contribution is -0.137. The molecule has 2 saturated heterocycles. The maximum Gasteiger partial charge on any atom is 0.321 e. The van der Waals surface area contributed by atoms with E-state index in [9.17, 15) is 38.4 Å². The molecule has 0 bridgehead atoms. The van der Waals surface area contributed by atoms with Gasteiger partial charge in [0.15, 0.2) is 11.4 Å². The van der Waals surface area contributed by atoms with E-state index in [-0.39, 0.29) is 72.5 Å². The maximum absolute atomic E-state index is 13.3. The van der Waals surface area contributed by atoms with Crippen molar-refractivity contribution in [2.45, 2.75) is 91.4 Å². The van der Waals surface area contributed by atoms with Crippen molar-refractivity contribution in [1.82, 2.24) is 49.5 Å². The number of halogens is 2. The van der Waals surface area contributed by atoms with Gasteiger partial charge in [-0.15, -0.1) is 0 Å². The molecule has 4 aromatic heterocycles. The Morgan fingerprint density at radius 3 is 1.56 bits per heavy atom. The second kappa shape index (κ2) is 29.0. The van der Waals surface area contributed by atoms with Gasteiger partial charge < -0.3 is 47.4 Å². The van der Waals surface area contributed by atoms with Crippen LogP contribution in [0.3, 0.4) is 0 Å². The van der Waals surface area contributed by atoms with Crippen molar-refractivity contribution in [2.75, 3.05) is 55.2 Å². The molecule has 8 rings (SSSR count). The Morgan fingerprint density at radius 2 is 1.14 bits per heavy atom. The zero-order valence-electron chi connectivity index (χ0n) is 44.5. The molecule has 2 aromatic carbocycles. The minimum absolute atomic E-state index is 0.0126. The molecule has 0 unspecified atom stereocenters. The van der Waals surface area contributed by atoms with Crippen molar-refractivity contribution >= 4 is 118 Å². The molecular formula is C52H62Br2N18O8. The molecule has 26 nitrogen and oxygen atoms in total. The highest BCUT2D eigenvalue weighted by atomic mass is 79.9. The SMILES string of the molecule is C1CCNCC1.CC(C)N(CC(=O)Nc1cccc(Br)n1)C(=O)Cn1nc(C(N)=O)c2cc(C(=O)N=[N+]=[N-])ccc21.CC(C)N(CC(=O)Nc1cccc(Br)n1)C(=O)Cn1nc(C(N)=O)c2cc(NC(=O)N3CCCCC3)ccc21. The molecule has 422 valence electrons. The Morgan fingerprint density at radius 1 is 0.662 bits per heavy atom. The van der Waals surface area contributed by atoms with E-state index >= 15 is 0 Å². The quantitative estimate of drug-likeness (QED) is 0.0259. The molecule has 0 radical (unpaired) electrons. The number of likely N-dealkylation sites (tertiary alicyclic amines) is 1. The molecule has 0 atom stereocenters. The van der Waals surface area contributed by atoms with Crippen LogP contribution in [-0.4, -0.2) is 143 Å². The van der Waals surface area contributed by atoms with Crippen molar-refractivity contribution < 1.29 is 38.4 Å². The number of nitrogens with zero attached hydrogens (tertiary/aromatic N) is 12. The first-order chi connectivity index (χ1) is 38.2. The summed E-state index contributed by atoms with van der Waals surface area (Å²) in [6.45, 7) is 10.1. The molecule has 6 heterocycles. The zero-order valence-corrected chi connectivity index (χ0v) is 47.7. The molecule has 80 heavy (non-hydrogen) atoms. The number of azide groups is 1. The predicted octanol–water partition coefficient (Wildman–Crippen LogP) is 6.57. The molecule has 8 N–H and O–H groups in total. The number of hydrogen-bond acceptors (Lipinski definition) is 13. The van der Waals surface area contributed by atoms with Gasteiger partial charge in [0.05, 0.1) is 11.0 Å². The normalized spacial score (nSPS) is 13.0.